The van der Waals surface area contributed by atoms with E-state index < -0.39 is 0 Å². The largest absolute Gasteiger partial charge is 0.399 e. The fourth-order valence-electron chi connectivity index (χ4n) is 1.71. The molecule has 1 rings (SSSR count). The van der Waals surface area contributed by atoms with Crippen molar-refractivity contribution in [3.8, 4) is 0 Å². The van der Waals surface area contributed by atoms with Crippen molar-refractivity contribution >= 4 is 23.2 Å². The average molecular weight is 255 g/mol. The van der Waals surface area contributed by atoms with Gasteiger partial charge < -0.3 is 11.1 Å². The first kappa shape index (κ1) is 13.8. The van der Waals surface area contributed by atoms with Gasteiger partial charge >= 0.3 is 0 Å². The number of rotatable bonds is 5. The fourth-order valence-corrected chi connectivity index (χ4v) is 1.91. The van der Waals surface area contributed by atoms with Crippen LogP contribution in [0.5, 0.6) is 0 Å². The molecule has 1 aromatic rings. The highest BCUT2D eigenvalue weighted by atomic mass is 35.5. The third-order valence-electron chi connectivity index (χ3n) is 2.70. The van der Waals surface area contributed by atoms with Crippen molar-refractivity contribution in [3.63, 3.8) is 0 Å². The molecule has 0 radical (unpaired) electrons. The van der Waals surface area contributed by atoms with E-state index in [4.69, 9.17) is 17.3 Å². The number of nitrogens with one attached hydrogen (secondary N) is 1. The van der Waals surface area contributed by atoms with Crippen LogP contribution in [-0.2, 0) is 0 Å². The third-order valence-corrected chi connectivity index (χ3v) is 3.03. The Morgan fingerprint density at radius 1 is 1.47 bits per heavy atom. The number of nitrogen functional groups attached to an aromatic ring is 1. The summed E-state index contributed by atoms with van der Waals surface area (Å²) in [6, 6.07) is 5.13. The van der Waals surface area contributed by atoms with Crippen LogP contribution in [0.2, 0.25) is 5.02 Å². The fraction of sp³-hybridized carbons (Fsp3) is 0.462. The lowest BCUT2D eigenvalue weighted by Gasteiger charge is -2.16. The van der Waals surface area contributed by atoms with Crippen LogP contribution in [0.25, 0.3) is 0 Å². The maximum Gasteiger partial charge on any atom is 0.253 e. The molecular formula is C13H19ClN2O. The predicted molar refractivity (Wildman–Crippen MR) is 72.3 cm³/mol. The Labute approximate surface area is 107 Å². The molecule has 94 valence electrons. The first-order valence-electron chi connectivity index (χ1n) is 5.94. The molecule has 1 unspecified atom stereocenters. The summed E-state index contributed by atoms with van der Waals surface area (Å²) in [5.74, 6) is -0.150. The van der Waals surface area contributed by atoms with Crippen molar-refractivity contribution in [1.82, 2.24) is 5.32 Å². The summed E-state index contributed by atoms with van der Waals surface area (Å²) in [5, 5.41) is 3.41. The maximum atomic E-state index is 12.0. The molecule has 0 bridgehead atoms. The number of halogens is 1. The lowest BCUT2D eigenvalue weighted by Crippen LogP contribution is -2.34. The van der Waals surface area contributed by atoms with E-state index in [1.54, 1.807) is 18.2 Å². The van der Waals surface area contributed by atoms with Crippen LogP contribution >= 0.6 is 11.6 Å². The van der Waals surface area contributed by atoms with Gasteiger partial charge in [-0.15, -0.1) is 0 Å². The Balaban J connectivity index is 2.78. The van der Waals surface area contributed by atoms with Gasteiger partial charge in [0.1, 0.15) is 0 Å². The monoisotopic (exact) mass is 254 g/mol. The highest BCUT2D eigenvalue weighted by Gasteiger charge is 2.14. The predicted octanol–water partition coefficient (Wildman–Crippen LogP) is 3.23. The molecule has 3 nitrogen and oxygen atoms in total. The van der Waals surface area contributed by atoms with Crippen LogP contribution in [0.15, 0.2) is 18.2 Å². The summed E-state index contributed by atoms with van der Waals surface area (Å²) >= 11 is 5.98. The molecule has 0 aliphatic rings. The number of hydrogen-bond acceptors (Lipinski definition) is 2. The summed E-state index contributed by atoms with van der Waals surface area (Å²) in [7, 11) is 0. The zero-order chi connectivity index (χ0) is 12.8. The molecule has 0 heterocycles. The average Bonchev–Trinajstić information content (AvgIpc) is 2.31. The molecule has 0 saturated heterocycles. The van der Waals surface area contributed by atoms with Crippen LogP contribution in [0.4, 0.5) is 5.69 Å². The van der Waals surface area contributed by atoms with E-state index in [0.717, 1.165) is 19.3 Å². The lowest BCUT2D eigenvalue weighted by atomic mass is 10.1. The first-order valence-corrected chi connectivity index (χ1v) is 6.32. The number of amides is 1. The van der Waals surface area contributed by atoms with E-state index in [1.165, 1.54) is 0 Å². The second-order valence-electron chi connectivity index (χ2n) is 4.11. The molecule has 1 atom stereocenters. The van der Waals surface area contributed by atoms with Gasteiger partial charge in [0.2, 0.25) is 0 Å². The van der Waals surface area contributed by atoms with Gasteiger partial charge in [0.15, 0.2) is 0 Å². The Bertz CT molecular complexity index is 393. The lowest BCUT2D eigenvalue weighted by molar-refractivity contribution is 0.0934. The first-order chi connectivity index (χ1) is 8.08. The zero-order valence-electron chi connectivity index (χ0n) is 10.3. The minimum atomic E-state index is -0.150. The van der Waals surface area contributed by atoms with Crippen LogP contribution in [-0.4, -0.2) is 11.9 Å². The molecule has 0 fully saturated rings. The third kappa shape index (κ3) is 3.93. The molecule has 1 amide bonds. The van der Waals surface area contributed by atoms with E-state index >= 15 is 0 Å². The maximum absolute atomic E-state index is 12.0. The molecule has 0 aromatic heterocycles. The molecule has 3 N–H and O–H groups in total. The summed E-state index contributed by atoms with van der Waals surface area (Å²) in [5.41, 5.74) is 6.64. The molecule has 0 saturated carbocycles. The van der Waals surface area contributed by atoms with Crippen LogP contribution in [0.3, 0.4) is 0 Å². The van der Waals surface area contributed by atoms with Gasteiger partial charge in [-0.2, -0.15) is 0 Å². The van der Waals surface area contributed by atoms with Gasteiger partial charge in [0.25, 0.3) is 5.91 Å². The van der Waals surface area contributed by atoms with Crippen molar-refractivity contribution in [3.05, 3.63) is 28.8 Å². The minimum Gasteiger partial charge on any atom is -0.399 e. The quantitative estimate of drug-likeness (QED) is 0.793. The highest BCUT2D eigenvalue weighted by molar-refractivity contribution is 6.34. The summed E-state index contributed by atoms with van der Waals surface area (Å²) in [6.45, 7) is 4.16. The molecule has 0 spiro atoms. The van der Waals surface area contributed by atoms with Crippen molar-refractivity contribution in [1.29, 1.82) is 0 Å². The van der Waals surface area contributed by atoms with Crippen LogP contribution in [0, 0.1) is 0 Å². The van der Waals surface area contributed by atoms with Crippen LogP contribution < -0.4 is 11.1 Å². The molecule has 1 aromatic carbocycles. The van der Waals surface area contributed by atoms with Gasteiger partial charge in [-0.05, 0) is 31.0 Å². The number of anilines is 1. The minimum absolute atomic E-state index is 0.150. The number of carbonyl (C=O) groups excluding carboxylic acids is 1. The normalized spacial score (nSPS) is 12.2. The van der Waals surface area contributed by atoms with E-state index in [1.807, 2.05) is 0 Å². The molecule has 17 heavy (non-hydrogen) atoms. The number of benzene rings is 1. The highest BCUT2D eigenvalue weighted by Crippen LogP contribution is 2.19. The van der Waals surface area contributed by atoms with Crippen molar-refractivity contribution < 1.29 is 4.79 Å². The SMILES string of the molecule is CCCC(CC)NC(=O)c1cc(N)ccc1Cl. The number of nitrogens with two attached hydrogens (primary N) is 1. The topological polar surface area (TPSA) is 55.1 Å². The van der Waals surface area contributed by atoms with Crippen molar-refractivity contribution in [2.75, 3.05) is 5.73 Å². The van der Waals surface area contributed by atoms with Gasteiger partial charge in [0.05, 0.1) is 10.6 Å². The van der Waals surface area contributed by atoms with Gasteiger partial charge in [-0.1, -0.05) is 31.9 Å². The van der Waals surface area contributed by atoms with E-state index in [-0.39, 0.29) is 11.9 Å². The van der Waals surface area contributed by atoms with Gasteiger partial charge in [-0.3, -0.25) is 4.79 Å². The zero-order valence-corrected chi connectivity index (χ0v) is 11.1. The molecular weight excluding hydrogens is 236 g/mol. The van der Waals surface area contributed by atoms with Gasteiger partial charge in [-0.25, -0.2) is 0 Å². The van der Waals surface area contributed by atoms with Crippen LogP contribution in [0.1, 0.15) is 43.5 Å². The number of hydrogen-bond donors (Lipinski definition) is 2. The molecule has 4 heteroatoms. The van der Waals surface area contributed by atoms with E-state index in [9.17, 15) is 4.79 Å². The second kappa shape index (κ2) is 6.50. The summed E-state index contributed by atoms with van der Waals surface area (Å²) < 4.78 is 0. The Kier molecular flexibility index (Phi) is 5.29. The Hall–Kier alpha value is -1.22. The summed E-state index contributed by atoms with van der Waals surface area (Å²) in [6.07, 6.45) is 2.94. The number of carbonyl (C=O) groups is 1. The van der Waals surface area contributed by atoms with Crippen molar-refractivity contribution in [2.24, 2.45) is 0 Å². The standard InChI is InChI=1S/C13H19ClN2O/c1-3-5-10(4-2)16-13(17)11-8-9(15)6-7-12(11)14/h6-8,10H,3-5,15H2,1-2H3,(H,16,17). The van der Waals surface area contributed by atoms with E-state index in [2.05, 4.69) is 19.2 Å². The van der Waals surface area contributed by atoms with Crippen molar-refractivity contribution in [2.45, 2.75) is 39.2 Å². The smallest absolute Gasteiger partial charge is 0.253 e. The molecule has 0 aliphatic carbocycles. The Morgan fingerprint density at radius 2 is 2.18 bits per heavy atom. The molecule has 0 aliphatic heterocycles. The summed E-state index contributed by atoms with van der Waals surface area (Å²) in [4.78, 5) is 12.0. The van der Waals surface area contributed by atoms with Gasteiger partial charge in [0, 0.05) is 11.7 Å². The van der Waals surface area contributed by atoms with E-state index in [0.29, 0.717) is 16.3 Å². The Morgan fingerprint density at radius 3 is 2.76 bits per heavy atom. The second-order valence-corrected chi connectivity index (χ2v) is 4.51.